The Bertz CT molecular complexity index is 1220. The van der Waals surface area contributed by atoms with Crippen LogP contribution in [0.2, 0.25) is 5.02 Å². The van der Waals surface area contributed by atoms with E-state index in [9.17, 15) is 13.2 Å². The standard InChI is InChI=1S/C22H25ClN4O3S2/c1-25(2)14-15-27(22-24-20-18(23)6-5-7-19(20)31-22)21(28)16-8-10-17(11-9-16)32(29,30)26-12-3-4-13-26/h5-11H,3-4,12-15H2,1-2H3. The molecule has 0 bridgehead atoms. The minimum atomic E-state index is -3.52. The molecular weight excluding hydrogens is 468 g/mol. The molecule has 32 heavy (non-hydrogen) atoms. The van der Waals surface area contributed by atoms with Gasteiger partial charge in [0.05, 0.1) is 14.6 Å². The van der Waals surface area contributed by atoms with Gasteiger partial charge in [0, 0.05) is 31.7 Å². The third-order valence-electron chi connectivity index (χ3n) is 5.41. The summed E-state index contributed by atoms with van der Waals surface area (Å²) in [6.45, 7) is 2.18. The first-order valence-corrected chi connectivity index (χ1v) is 13.0. The number of nitrogens with zero attached hydrogens (tertiary/aromatic N) is 4. The molecule has 0 radical (unpaired) electrons. The van der Waals surface area contributed by atoms with E-state index in [0.29, 0.717) is 47.4 Å². The lowest BCUT2D eigenvalue weighted by Crippen LogP contribution is -2.36. The number of fused-ring (bicyclic) bond motifs is 1. The van der Waals surface area contributed by atoms with Gasteiger partial charge in [0.2, 0.25) is 10.0 Å². The zero-order valence-electron chi connectivity index (χ0n) is 18.0. The highest BCUT2D eigenvalue weighted by Crippen LogP contribution is 2.33. The van der Waals surface area contributed by atoms with Gasteiger partial charge in [-0.05, 0) is 63.3 Å². The number of anilines is 1. The quantitative estimate of drug-likeness (QED) is 0.499. The van der Waals surface area contributed by atoms with Crippen LogP contribution >= 0.6 is 22.9 Å². The average molecular weight is 493 g/mol. The van der Waals surface area contributed by atoms with Crippen molar-refractivity contribution in [1.82, 2.24) is 14.2 Å². The lowest BCUT2D eigenvalue weighted by Gasteiger charge is -2.22. The van der Waals surface area contributed by atoms with Crippen molar-refractivity contribution in [2.45, 2.75) is 17.7 Å². The van der Waals surface area contributed by atoms with Crippen molar-refractivity contribution < 1.29 is 13.2 Å². The van der Waals surface area contributed by atoms with E-state index in [-0.39, 0.29) is 10.8 Å². The highest BCUT2D eigenvalue weighted by Gasteiger charge is 2.28. The van der Waals surface area contributed by atoms with Crippen molar-refractivity contribution in [2.75, 3.05) is 45.2 Å². The molecule has 2 heterocycles. The van der Waals surface area contributed by atoms with Gasteiger partial charge in [0.15, 0.2) is 5.13 Å². The number of sulfonamides is 1. The third kappa shape index (κ3) is 4.67. The normalized spacial score (nSPS) is 15.0. The molecule has 4 rings (SSSR count). The molecule has 2 aromatic carbocycles. The Balaban J connectivity index is 1.63. The Hall–Kier alpha value is -2.04. The molecule has 1 saturated heterocycles. The second-order valence-corrected chi connectivity index (χ2v) is 11.3. The fourth-order valence-corrected chi connectivity index (χ4v) is 6.41. The van der Waals surface area contributed by atoms with Gasteiger partial charge >= 0.3 is 0 Å². The Morgan fingerprint density at radius 2 is 1.78 bits per heavy atom. The minimum Gasteiger partial charge on any atom is -0.308 e. The third-order valence-corrected chi connectivity index (χ3v) is 8.67. The number of aromatic nitrogens is 1. The second kappa shape index (κ2) is 9.44. The summed E-state index contributed by atoms with van der Waals surface area (Å²) in [5.74, 6) is -0.229. The number of thiazole rings is 1. The van der Waals surface area contributed by atoms with Crippen molar-refractivity contribution in [2.24, 2.45) is 0 Å². The lowest BCUT2D eigenvalue weighted by atomic mass is 10.2. The highest BCUT2D eigenvalue weighted by molar-refractivity contribution is 7.89. The number of rotatable bonds is 7. The fraction of sp³-hybridized carbons (Fsp3) is 0.364. The van der Waals surface area contributed by atoms with Gasteiger partial charge in [0.1, 0.15) is 5.52 Å². The molecule has 0 atom stereocenters. The van der Waals surface area contributed by atoms with Crippen LogP contribution in [0.15, 0.2) is 47.4 Å². The molecule has 0 aliphatic carbocycles. The molecule has 7 nitrogen and oxygen atoms in total. The van der Waals surface area contributed by atoms with Crippen molar-refractivity contribution in [3.05, 3.63) is 53.1 Å². The van der Waals surface area contributed by atoms with Gasteiger partial charge in [-0.15, -0.1) is 0 Å². The second-order valence-electron chi connectivity index (χ2n) is 7.98. The Kier molecular flexibility index (Phi) is 6.83. The first kappa shape index (κ1) is 23.1. The Morgan fingerprint density at radius 3 is 2.41 bits per heavy atom. The molecule has 1 fully saturated rings. The van der Waals surface area contributed by atoms with Crippen LogP contribution in [0.1, 0.15) is 23.2 Å². The van der Waals surface area contributed by atoms with Gasteiger partial charge < -0.3 is 4.90 Å². The number of halogens is 1. The maximum atomic E-state index is 13.4. The summed E-state index contributed by atoms with van der Waals surface area (Å²) in [7, 11) is 0.360. The van der Waals surface area contributed by atoms with E-state index in [1.807, 2.05) is 31.1 Å². The van der Waals surface area contributed by atoms with Crippen molar-refractivity contribution in [3.63, 3.8) is 0 Å². The number of hydrogen-bond acceptors (Lipinski definition) is 6. The topological polar surface area (TPSA) is 73.8 Å². The van der Waals surface area contributed by atoms with E-state index in [0.717, 1.165) is 17.5 Å². The summed E-state index contributed by atoms with van der Waals surface area (Å²) in [6.07, 6.45) is 1.76. The van der Waals surface area contributed by atoms with Crippen LogP contribution in [0.25, 0.3) is 10.2 Å². The zero-order valence-corrected chi connectivity index (χ0v) is 20.4. The van der Waals surface area contributed by atoms with E-state index < -0.39 is 10.0 Å². The molecule has 0 saturated carbocycles. The van der Waals surface area contributed by atoms with Crippen LogP contribution in [-0.2, 0) is 10.0 Å². The van der Waals surface area contributed by atoms with E-state index >= 15 is 0 Å². The lowest BCUT2D eigenvalue weighted by molar-refractivity contribution is 0.0985. The number of para-hydroxylation sites is 1. The maximum Gasteiger partial charge on any atom is 0.260 e. The average Bonchev–Trinajstić information content (AvgIpc) is 3.45. The number of carbonyl (C=O) groups excluding carboxylic acids is 1. The van der Waals surface area contributed by atoms with Crippen LogP contribution in [0, 0.1) is 0 Å². The SMILES string of the molecule is CN(C)CCN(C(=O)c1ccc(S(=O)(=O)N2CCCC2)cc1)c1nc2c(Cl)cccc2s1. The highest BCUT2D eigenvalue weighted by atomic mass is 35.5. The fourth-order valence-electron chi connectivity index (χ4n) is 3.61. The molecule has 10 heteroatoms. The summed E-state index contributed by atoms with van der Waals surface area (Å²) in [5.41, 5.74) is 1.08. The van der Waals surface area contributed by atoms with Crippen LogP contribution in [0.3, 0.4) is 0 Å². The molecule has 0 unspecified atom stereocenters. The van der Waals surface area contributed by atoms with Crippen molar-refractivity contribution in [3.8, 4) is 0 Å². The number of carbonyl (C=O) groups is 1. The van der Waals surface area contributed by atoms with Gasteiger partial charge in [0.25, 0.3) is 5.91 Å². The van der Waals surface area contributed by atoms with E-state index in [1.165, 1.54) is 27.8 Å². The maximum absolute atomic E-state index is 13.4. The molecular formula is C22H25ClN4O3S2. The van der Waals surface area contributed by atoms with Crippen LogP contribution in [0.4, 0.5) is 5.13 Å². The molecule has 0 spiro atoms. The smallest absolute Gasteiger partial charge is 0.260 e. The van der Waals surface area contributed by atoms with Crippen molar-refractivity contribution in [1.29, 1.82) is 0 Å². The predicted octanol–water partition coefficient (Wildman–Crippen LogP) is 3.94. The van der Waals surface area contributed by atoms with Crippen LogP contribution in [0.5, 0.6) is 0 Å². The summed E-state index contributed by atoms with van der Waals surface area (Å²) in [5, 5.41) is 1.11. The number of benzene rings is 2. The summed E-state index contributed by atoms with van der Waals surface area (Å²) >= 11 is 7.69. The predicted molar refractivity (Wildman–Crippen MR) is 129 cm³/mol. The molecule has 1 aliphatic heterocycles. The molecule has 0 N–H and O–H groups in total. The monoisotopic (exact) mass is 492 g/mol. The molecule has 1 amide bonds. The number of amides is 1. The van der Waals surface area contributed by atoms with Gasteiger partial charge in [-0.3, -0.25) is 9.69 Å². The van der Waals surface area contributed by atoms with Gasteiger partial charge in [-0.25, -0.2) is 13.4 Å². The van der Waals surface area contributed by atoms with Crippen molar-refractivity contribution >= 4 is 54.2 Å². The molecule has 3 aromatic rings. The number of hydrogen-bond donors (Lipinski definition) is 0. The minimum absolute atomic E-state index is 0.211. The van der Waals surface area contributed by atoms with Gasteiger partial charge in [-0.1, -0.05) is 29.0 Å². The van der Waals surface area contributed by atoms with Crippen LogP contribution < -0.4 is 4.90 Å². The van der Waals surface area contributed by atoms with E-state index in [4.69, 9.17) is 11.6 Å². The number of likely N-dealkylation sites (N-methyl/N-ethyl adjacent to an activating group) is 1. The molecule has 170 valence electrons. The molecule has 1 aliphatic rings. The van der Waals surface area contributed by atoms with Gasteiger partial charge in [-0.2, -0.15) is 4.31 Å². The zero-order chi connectivity index (χ0) is 22.9. The first-order chi connectivity index (χ1) is 15.3. The first-order valence-electron chi connectivity index (χ1n) is 10.4. The van der Waals surface area contributed by atoms with E-state index in [1.54, 1.807) is 23.1 Å². The largest absolute Gasteiger partial charge is 0.308 e. The molecule has 1 aromatic heterocycles. The van der Waals surface area contributed by atoms with Crippen LogP contribution in [-0.4, -0.2) is 68.8 Å². The summed E-state index contributed by atoms with van der Waals surface area (Å²) in [4.78, 5) is 21.9. The Morgan fingerprint density at radius 1 is 1.09 bits per heavy atom. The summed E-state index contributed by atoms with van der Waals surface area (Å²) in [6, 6.07) is 11.7. The Labute approximate surface area is 197 Å². The van der Waals surface area contributed by atoms with E-state index in [2.05, 4.69) is 4.98 Å². The summed E-state index contributed by atoms with van der Waals surface area (Å²) < 4.78 is 28.0.